The summed E-state index contributed by atoms with van der Waals surface area (Å²) in [6, 6.07) is 2.03. The average Bonchev–Trinajstić information content (AvgIpc) is 2.09. The third-order valence-electron chi connectivity index (χ3n) is 1.52. The monoisotopic (exact) mass is 204 g/mol. The van der Waals surface area contributed by atoms with Gasteiger partial charge in [0.2, 0.25) is 0 Å². The average molecular weight is 205 g/mol. The van der Waals surface area contributed by atoms with E-state index in [1.54, 1.807) is 0 Å². The molecule has 0 saturated carbocycles. The number of halogens is 2. The molecular weight excluding hydrogens is 199 g/mol. The Kier molecular flexibility index (Phi) is 2.79. The van der Waals surface area contributed by atoms with Crippen LogP contribution in [0.15, 0.2) is 12.1 Å². The van der Waals surface area contributed by atoms with E-state index in [1.807, 2.05) is 0 Å². The van der Waals surface area contributed by atoms with E-state index in [2.05, 4.69) is 0 Å². The van der Waals surface area contributed by atoms with Gasteiger partial charge in [0.1, 0.15) is 5.82 Å². The van der Waals surface area contributed by atoms with Crippen LogP contribution in [0.4, 0.5) is 10.1 Å². The Hall–Kier alpha value is -1.20. The Balaban J connectivity index is 3.30. The molecule has 1 rings (SSSR count). The largest absolute Gasteiger partial charge is 0.326 e. The molecule has 1 aromatic rings. The summed E-state index contributed by atoms with van der Waals surface area (Å²) in [6.45, 7) is -0.118. The first-order valence-corrected chi connectivity index (χ1v) is 3.76. The van der Waals surface area contributed by atoms with Crippen molar-refractivity contribution < 1.29 is 9.31 Å². The fourth-order valence-corrected chi connectivity index (χ4v) is 1.12. The van der Waals surface area contributed by atoms with Crippen LogP contribution in [0.2, 0.25) is 5.02 Å². The fraction of sp³-hybridized carbons (Fsp3) is 0.143. The highest BCUT2D eigenvalue weighted by atomic mass is 35.5. The van der Waals surface area contributed by atoms with Crippen LogP contribution in [0, 0.1) is 15.9 Å². The molecule has 70 valence electrons. The highest BCUT2D eigenvalue weighted by Crippen LogP contribution is 2.24. The Labute approximate surface area is 78.3 Å². The third-order valence-corrected chi connectivity index (χ3v) is 1.79. The van der Waals surface area contributed by atoms with E-state index in [0.717, 1.165) is 12.1 Å². The number of nitro groups is 1. The van der Waals surface area contributed by atoms with E-state index in [1.165, 1.54) is 0 Å². The zero-order valence-electron chi connectivity index (χ0n) is 6.46. The lowest BCUT2D eigenvalue weighted by Crippen LogP contribution is -2.01. The molecule has 0 radical (unpaired) electrons. The topological polar surface area (TPSA) is 69.2 Å². The number of non-ortho nitro benzene ring substituents is 1. The van der Waals surface area contributed by atoms with E-state index >= 15 is 0 Å². The molecular formula is C7H6ClFN2O2. The molecule has 0 aromatic heterocycles. The predicted molar refractivity (Wildman–Crippen MR) is 46.0 cm³/mol. The SMILES string of the molecule is NCc1cc([N+](=O)[O-])cc(Cl)c1F. The van der Waals surface area contributed by atoms with Crippen molar-refractivity contribution in [2.45, 2.75) is 6.54 Å². The van der Waals surface area contributed by atoms with Gasteiger partial charge in [0.25, 0.3) is 5.69 Å². The first-order valence-electron chi connectivity index (χ1n) is 3.38. The standard InChI is InChI=1S/C7H6ClFN2O2/c8-6-2-5(11(12)13)1-4(3-10)7(6)9/h1-2H,3,10H2. The minimum atomic E-state index is -0.699. The second-order valence-corrected chi connectivity index (χ2v) is 2.77. The maximum absolute atomic E-state index is 13.0. The van der Waals surface area contributed by atoms with Crippen molar-refractivity contribution in [3.05, 3.63) is 38.7 Å². The molecule has 0 heterocycles. The van der Waals surface area contributed by atoms with Gasteiger partial charge in [-0.25, -0.2) is 4.39 Å². The van der Waals surface area contributed by atoms with Crippen LogP contribution < -0.4 is 5.73 Å². The van der Waals surface area contributed by atoms with Crippen molar-refractivity contribution >= 4 is 17.3 Å². The van der Waals surface area contributed by atoms with E-state index in [-0.39, 0.29) is 22.8 Å². The van der Waals surface area contributed by atoms with Crippen molar-refractivity contribution in [1.82, 2.24) is 0 Å². The van der Waals surface area contributed by atoms with Crippen LogP contribution in [0.25, 0.3) is 0 Å². The van der Waals surface area contributed by atoms with E-state index in [4.69, 9.17) is 17.3 Å². The van der Waals surface area contributed by atoms with Gasteiger partial charge >= 0.3 is 0 Å². The smallest absolute Gasteiger partial charge is 0.271 e. The molecule has 0 spiro atoms. The van der Waals surface area contributed by atoms with Crippen molar-refractivity contribution in [3.8, 4) is 0 Å². The first-order chi connectivity index (χ1) is 6.06. The third kappa shape index (κ3) is 1.93. The Morgan fingerprint density at radius 2 is 2.23 bits per heavy atom. The highest BCUT2D eigenvalue weighted by Gasteiger charge is 2.14. The zero-order chi connectivity index (χ0) is 10.0. The molecule has 0 saturated heterocycles. The van der Waals surface area contributed by atoms with Crippen LogP contribution in [-0.4, -0.2) is 4.92 Å². The molecule has 0 bridgehead atoms. The normalized spacial score (nSPS) is 10.1. The summed E-state index contributed by atoms with van der Waals surface area (Å²) in [7, 11) is 0. The summed E-state index contributed by atoms with van der Waals surface area (Å²) < 4.78 is 13.0. The number of hydrogen-bond acceptors (Lipinski definition) is 3. The van der Waals surface area contributed by atoms with Gasteiger partial charge in [-0.3, -0.25) is 10.1 Å². The van der Waals surface area contributed by atoms with Crippen molar-refractivity contribution in [2.24, 2.45) is 5.73 Å². The lowest BCUT2D eigenvalue weighted by molar-refractivity contribution is -0.385. The lowest BCUT2D eigenvalue weighted by Gasteiger charge is -2.01. The summed E-state index contributed by atoms with van der Waals surface area (Å²) in [5.41, 5.74) is 4.95. The molecule has 0 aliphatic carbocycles. The number of nitro benzene ring substituents is 1. The summed E-state index contributed by atoms with van der Waals surface area (Å²) in [5, 5.41) is 10.0. The molecule has 1 aromatic carbocycles. The first kappa shape index (κ1) is 9.88. The second-order valence-electron chi connectivity index (χ2n) is 2.36. The molecule has 0 aliphatic heterocycles. The Bertz CT molecular complexity index is 357. The van der Waals surface area contributed by atoms with Crippen LogP contribution in [0.3, 0.4) is 0 Å². The number of hydrogen-bond donors (Lipinski definition) is 1. The van der Waals surface area contributed by atoms with Crippen molar-refractivity contribution in [1.29, 1.82) is 0 Å². The van der Waals surface area contributed by atoms with Crippen molar-refractivity contribution in [3.63, 3.8) is 0 Å². The molecule has 13 heavy (non-hydrogen) atoms. The van der Waals surface area contributed by atoms with Gasteiger partial charge < -0.3 is 5.73 Å². The molecule has 0 unspecified atom stereocenters. The highest BCUT2D eigenvalue weighted by molar-refractivity contribution is 6.31. The predicted octanol–water partition coefficient (Wildman–Crippen LogP) is 1.85. The zero-order valence-corrected chi connectivity index (χ0v) is 7.21. The number of rotatable bonds is 2. The van der Waals surface area contributed by atoms with Gasteiger partial charge in [-0.1, -0.05) is 11.6 Å². The quantitative estimate of drug-likeness (QED) is 0.590. The van der Waals surface area contributed by atoms with E-state index in [9.17, 15) is 14.5 Å². The molecule has 0 atom stereocenters. The van der Waals surface area contributed by atoms with Crippen molar-refractivity contribution in [2.75, 3.05) is 0 Å². The van der Waals surface area contributed by atoms with Gasteiger partial charge in [-0.05, 0) is 0 Å². The van der Waals surface area contributed by atoms with Crippen LogP contribution in [0.1, 0.15) is 5.56 Å². The molecule has 2 N–H and O–H groups in total. The Morgan fingerprint density at radius 1 is 1.62 bits per heavy atom. The van der Waals surface area contributed by atoms with Gasteiger partial charge in [0.15, 0.2) is 0 Å². The molecule has 0 aliphatic rings. The number of nitrogens with two attached hydrogens (primary N) is 1. The minimum Gasteiger partial charge on any atom is -0.326 e. The fourth-order valence-electron chi connectivity index (χ4n) is 0.884. The van der Waals surface area contributed by atoms with Crippen LogP contribution >= 0.6 is 11.6 Å². The molecule has 0 fully saturated rings. The van der Waals surface area contributed by atoms with Gasteiger partial charge in [-0.2, -0.15) is 0 Å². The number of benzene rings is 1. The molecule has 0 amide bonds. The lowest BCUT2D eigenvalue weighted by atomic mass is 10.2. The van der Waals surface area contributed by atoms with Gasteiger partial charge in [0, 0.05) is 24.2 Å². The van der Waals surface area contributed by atoms with E-state index < -0.39 is 10.7 Å². The minimum absolute atomic E-state index is 0.0409. The maximum atomic E-state index is 13.0. The van der Waals surface area contributed by atoms with Crippen LogP contribution in [0.5, 0.6) is 0 Å². The Morgan fingerprint density at radius 3 is 2.69 bits per heavy atom. The summed E-state index contributed by atoms with van der Waals surface area (Å²) in [6.07, 6.45) is 0. The summed E-state index contributed by atoms with van der Waals surface area (Å²) in [5.74, 6) is -0.699. The molecule has 4 nitrogen and oxygen atoms in total. The van der Waals surface area contributed by atoms with Gasteiger partial charge in [0.05, 0.1) is 9.95 Å². The van der Waals surface area contributed by atoms with Crippen LogP contribution in [-0.2, 0) is 6.54 Å². The molecule has 6 heteroatoms. The number of nitrogens with zero attached hydrogens (tertiary/aromatic N) is 1. The second kappa shape index (κ2) is 3.68. The van der Waals surface area contributed by atoms with Gasteiger partial charge in [-0.15, -0.1) is 0 Å². The maximum Gasteiger partial charge on any atom is 0.271 e. The van der Waals surface area contributed by atoms with E-state index in [0.29, 0.717) is 0 Å². The summed E-state index contributed by atoms with van der Waals surface area (Å²) >= 11 is 5.41. The summed E-state index contributed by atoms with van der Waals surface area (Å²) in [4.78, 5) is 9.67.